The van der Waals surface area contributed by atoms with Crippen LogP contribution in [0.4, 0.5) is 5.13 Å². The van der Waals surface area contributed by atoms with E-state index in [-0.39, 0.29) is 0 Å². The first kappa shape index (κ1) is 20.0. The van der Waals surface area contributed by atoms with E-state index in [1.165, 1.54) is 11.3 Å². The Morgan fingerprint density at radius 1 is 1.14 bits per heavy atom. The molecule has 1 N–H and O–H groups in total. The number of aromatic nitrogens is 1. The van der Waals surface area contributed by atoms with Crippen LogP contribution in [0.25, 0.3) is 11.3 Å². The average Bonchev–Trinajstić information content (AvgIpc) is 3.41. The molecule has 0 unspecified atom stereocenters. The number of hydrazone groups is 1. The molecular weight excluding hydrogens is 428 g/mol. The van der Waals surface area contributed by atoms with Crippen LogP contribution in [0.2, 0.25) is 5.02 Å². The van der Waals surface area contributed by atoms with E-state index in [1.807, 2.05) is 23.6 Å². The quantitative estimate of drug-likeness (QED) is 0.440. The lowest BCUT2D eigenvalue weighted by Gasteiger charge is -2.15. The standard InChI is InChI=1S/C20H19ClN4O2S2/c21-17-5-3-4-15(12-17)13-22-24-20-23-19(14-28-20)16-6-8-18(9-7-16)29(26,27)25-10-1-2-11-25/h3-9,12-14H,1-2,10-11H2,(H,23,24). The first-order valence-corrected chi connectivity index (χ1v) is 11.8. The molecule has 0 radical (unpaired) electrons. The van der Waals surface area contributed by atoms with Crippen molar-refractivity contribution < 1.29 is 8.42 Å². The van der Waals surface area contributed by atoms with Gasteiger partial charge in [-0.3, -0.25) is 5.43 Å². The van der Waals surface area contributed by atoms with Gasteiger partial charge >= 0.3 is 0 Å². The Labute approximate surface area is 178 Å². The molecule has 0 saturated carbocycles. The highest BCUT2D eigenvalue weighted by atomic mass is 35.5. The zero-order chi connectivity index (χ0) is 20.3. The molecule has 6 nitrogen and oxygen atoms in total. The lowest BCUT2D eigenvalue weighted by Crippen LogP contribution is -2.27. The highest BCUT2D eigenvalue weighted by molar-refractivity contribution is 7.89. The number of benzene rings is 2. The Hall–Kier alpha value is -2.26. The van der Waals surface area contributed by atoms with Crippen LogP contribution in [0.1, 0.15) is 18.4 Å². The monoisotopic (exact) mass is 446 g/mol. The van der Waals surface area contributed by atoms with Crippen molar-refractivity contribution in [2.45, 2.75) is 17.7 Å². The summed E-state index contributed by atoms with van der Waals surface area (Å²) in [5.41, 5.74) is 5.41. The lowest BCUT2D eigenvalue weighted by atomic mass is 10.2. The maximum absolute atomic E-state index is 12.6. The van der Waals surface area contributed by atoms with Gasteiger partial charge in [-0.15, -0.1) is 11.3 Å². The summed E-state index contributed by atoms with van der Waals surface area (Å²) >= 11 is 7.38. The molecule has 1 aliphatic heterocycles. The van der Waals surface area contributed by atoms with Crippen LogP contribution >= 0.6 is 22.9 Å². The third-order valence-electron chi connectivity index (χ3n) is 4.58. The fourth-order valence-corrected chi connectivity index (χ4v) is 5.47. The molecule has 4 rings (SSSR count). The second kappa shape index (κ2) is 8.62. The van der Waals surface area contributed by atoms with Gasteiger partial charge in [-0.05, 0) is 42.7 Å². The fourth-order valence-electron chi connectivity index (χ4n) is 3.08. The number of rotatable bonds is 6. The van der Waals surface area contributed by atoms with Gasteiger partial charge in [0.1, 0.15) is 0 Å². The van der Waals surface area contributed by atoms with Crippen molar-refractivity contribution in [3.63, 3.8) is 0 Å². The summed E-state index contributed by atoms with van der Waals surface area (Å²) in [7, 11) is -3.40. The van der Waals surface area contributed by atoms with Crippen LogP contribution in [0, 0.1) is 0 Å². The number of hydrogen-bond donors (Lipinski definition) is 1. The predicted molar refractivity (Wildman–Crippen MR) is 118 cm³/mol. The van der Waals surface area contributed by atoms with E-state index in [9.17, 15) is 8.42 Å². The second-order valence-electron chi connectivity index (χ2n) is 6.60. The summed E-state index contributed by atoms with van der Waals surface area (Å²) < 4.78 is 26.8. The van der Waals surface area contributed by atoms with E-state index >= 15 is 0 Å². The largest absolute Gasteiger partial charge is 0.253 e. The molecule has 2 heterocycles. The van der Waals surface area contributed by atoms with E-state index in [0.29, 0.717) is 28.1 Å². The third kappa shape index (κ3) is 4.67. The molecule has 150 valence electrons. The number of anilines is 1. The van der Waals surface area contributed by atoms with E-state index in [0.717, 1.165) is 29.7 Å². The Morgan fingerprint density at radius 2 is 1.90 bits per heavy atom. The van der Waals surface area contributed by atoms with Gasteiger partial charge in [0.15, 0.2) is 0 Å². The molecular formula is C20H19ClN4O2S2. The first-order chi connectivity index (χ1) is 14.0. The molecule has 2 aromatic carbocycles. The Balaban J connectivity index is 1.44. The van der Waals surface area contributed by atoms with E-state index in [1.54, 1.807) is 40.9 Å². The molecule has 1 fully saturated rings. The molecule has 29 heavy (non-hydrogen) atoms. The molecule has 1 aliphatic rings. The van der Waals surface area contributed by atoms with Gasteiger partial charge in [0.05, 0.1) is 16.8 Å². The van der Waals surface area contributed by atoms with Gasteiger partial charge < -0.3 is 0 Å². The number of nitrogens with one attached hydrogen (secondary N) is 1. The van der Waals surface area contributed by atoms with Gasteiger partial charge in [0.25, 0.3) is 0 Å². The van der Waals surface area contributed by atoms with Crippen LogP contribution in [0.3, 0.4) is 0 Å². The minimum absolute atomic E-state index is 0.322. The summed E-state index contributed by atoms with van der Waals surface area (Å²) in [5.74, 6) is 0. The SMILES string of the molecule is O=S(=O)(c1ccc(-c2csc(NN=Cc3cccc(Cl)c3)n2)cc1)N1CCCC1. The van der Waals surface area contributed by atoms with Crippen molar-refractivity contribution in [1.29, 1.82) is 0 Å². The zero-order valence-corrected chi connectivity index (χ0v) is 17.8. The summed E-state index contributed by atoms with van der Waals surface area (Å²) in [4.78, 5) is 4.83. The van der Waals surface area contributed by atoms with Gasteiger partial charge in [0, 0.05) is 29.1 Å². The van der Waals surface area contributed by atoms with Crippen molar-refractivity contribution in [2.75, 3.05) is 18.5 Å². The Bertz CT molecular complexity index is 1120. The van der Waals surface area contributed by atoms with Crippen molar-refractivity contribution >= 4 is 44.3 Å². The lowest BCUT2D eigenvalue weighted by molar-refractivity contribution is 0.477. The highest BCUT2D eigenvalue weighted by Gasteiger charge is 2.26. The van der Waals surface area contributed by atoms with Gasteiger partial charge in [-0.1, -0.05) is 35.9 Å². The maximum atomic E-state index is 12.6. The van der Waals surface area contributed by atoms with Gasteiger partial charge in [0.2, 0.25) is 15.2 Å². The first-order valence-electron chi connectivity index (χ1n) is 9.13. The molecule has 0 bridgehead atoms. The highest BCUT2D eigenvalue weighted by Crippen LogP contribution is 2.27. The number of halogens is 1. The van der Waals surface area contributed by atoms with E-state index in [2.05, 4.69) is 15.5 Å². The molecule has 0 atom stereocenters. The van der Waals surface area contributed by atoms with Gasteiger partial charge in [-0.2, -0.15) is 9.41 Å². The van der Waals surface area contributed by atoms with Crippen LogP contribution in [0.5, 0.6) is 0 Å². The molecule has 1 aromatic heterocycles. The predicted octanol–water partition coefficient (Wildman–Crippen LogP) is 4.69. The van der Waals surface area contributed by atoms with E-state index in [4.69, 9.17) is 11.6 Å². The van der Waals surface area contributed by atoms with Crippen molar-refractivity contribution in [2.24, 2.45) is 5.10 Å². The fraction of sp³-hybridized carbons (Fsp3) is 0.200. The van der Waals surface area contributed by atoms with E-state index < -0.39 is 10.0 Å². The molecule has 0 spiro atoms. The minimum Gasteiger partial charge on any atom is -0.253 e. The van der Waals surface area contributed by atoms with Crippen molar-refractivity contribution in [3.05, 3.63) is 64.5 Å². The summed E-state index contributed by atoms with van der Waals surface area (Å²) in [6, 6.07) is 14.3. The average molecular weight is 447 g/mol. The molecule has 3 aromatic rings. The summed E-state index contributed by atoms with van der Waals surface area (Å²) in [5, 5.41) is 7.38. The molecule has 1 saturated heterocycles. The Kier molecular flexibility index (Phi) is 5.96. The third-order valence-corrected chi connectivity index (χ3v) is 7.47. The minimum atomic E-state index is -3.40. The topological polar surface area (TPSA) is 74.7 Å². The number of hydrogen-bond acceptors (Lipinski definition) is 6. The maximum Gasteiger partial charge on any atom is 0.243 e. The second-order valence-corrected chi connectivity index (χ2v) is 9.83. The van der Waals surface area contributed by atoms with Crippen molar-refractivity contribution in [3.8, 4) is 11.3 Å². The number of nitrogens with zero attached hydrogens (tertiary/aromatic N) is 3. The van der Waals surface area contributed by atoms with Crippen molar-refractivity contribution in [1.82, 2.24) is 9.29 Å². The smallest absolute Gasteiger partial charge is 0.243 e. The summed E-state index contributed by atoms with van der Waals surface area (Å²) in [6.07, 6.45) is 3.52. The Morgan fingerprint density at radius 3 is 2.62 bits per heavy atom. The number of thiazole rings is 1. The molecule has 0 aliphatic carbocycles. The van der Waals surface area contributed by atoms with Crippen LogP contribution in [0.15, 0.2) is 63.9 Å². The molecule has 9 heteroatoms. The van der Waals surface area contributed by atoms with Crippen LogP contribution < -0.4 is 5.43 Å². The normalized spacial score (nSPS) is 15.2. The molecule has 0 amide bonds. The van der Waals surface area contributed by atoms with Gasteiger partial charge in [-0.25, -0.2) is 13.4 Å². The summed E-state index contributed by atoms with van der Waals surface area (Å²) in [6.45, 7) is 1.20. The van der Waals surface area contributed by atoms with Crippen LogP contribution in [-0.2, 0) is 10.0 Å². The number of sulfonamides is 1. The zero-order valence-electron chi connectivity index (χ0n) is 15.5. The van der Waals surface area contributed by atoms with Crippen LogP contribution in [-0.4, -0.2) is 37.0 Å².